The number of fused-ring (bicyclic) bond motifs is 1. The molecular formula is C25H21ClN4O4. The van der Waals surface area contributed by atoms with Gasteiger partial charge in [-0.15, -0.1) is 0 Å². The largest absolute Gasteiger partial charge is 0.480 e. The standard InChI is InChI=1S/C25H21ClN4O4/c1-25(2,3)34-22-19(26)13-16(14-21(22)30(32)33)15-27-29-23(17-9-5-4-6-10-17)28-20-12-8-7-11-18(20)24(29)31/h4-15H,1-3H3. The third-order valence-electron chi connectivity index (χ3n) is 4.76. The van der Waals surface area contributed by atoms with Gasteiger partial charge in [0.15, 0.2) is 5.82 Å². The van der Waals surface area contributed by atoms with Crippen molar-refractivity contribution in [2.45, 2.75) is 26.4 Å². The van der Waals surface area contributed by atoms with Crippen LogP contribution >= 0.6 is 11.6 Å². The highest BCUT2D eigenvalue weighted by molar-refractivity contribution is 6.32. The summed E-state index contributed by atoms with van der Waals surface area (Å²) in [6.07, 6.45) is 1.34. The van der Waals surface area contributed by atoms with Gasteiger partial charge in [-0.25, -0.2) is 4.98 Å². The van der Waals surface area contributed by atoms with Gasteiger partial charge in [-0.3, -0.25) is 14.9 Å². The van der Waals surface area contributed by atoms with Crippen molar-refractivity contribution >= 4 is 34.4 Å². The molecule has 8 nitrogen and oxygen atoms in total. The Kier molecular flexibility index (Phi) is 6.17. The molecular weight excluding hydrogens is 456 g/mol. The highest BCUT2D eigenvalue weighted by atomic mass is 35.5. The lowest BCUT2D eigenvalue weighted by atomic mass is 10.1. The van der Waals surface area contributed by atoms with Crippen LogP contribution in [0.15, 0.2) is 76.6 Å². The van der Waals surface area contributed by atoms with Crippen LogP contribution in [-0.4, -0.2) is 26.4 Å². The molecule has 0 aliphatic carbocycles. The maximum Gasteiger partial charge on any atom is 0.313 e. The average molecular weight is 477 g/mol. The molecule has 0 saturated heterocycles. The summed E-state index contributed by atoms with van der Waals surface area (Å²) in [4.78, 5) is 29.0. The Bertz CT molecular complexity index is 1470. The van der Waals surface area contributed by atoms with E-state index in [-0.39, 0.29) is 22.0 Å². The van der Waals surface area contributed by atoms with Crippen molar-refractivity contribution < 1.29 is 9.66 Å². The molecule has 0 amide bonds. The van der Waals surface area contributed by atoms with Crippen LogP contribution in [0.1, 0.15) is 26.3 Å². The first-order chi connectivity index (χ1) is 16.1. The van der Waals surface area contributed by atoms with Crippen LogP contribution in [0.5, 0.6) is 5.75 Å². The average Bonchev–Trinajstić information content (AvgIpc) is 2.79. The summed E-state index contributed by atoms with van der Waals surface area (Å²) in [5.41, 5.74) is 0.223. The van der Waals surface area contributed by atoms with Crippen molar-refractivity contribution in [1.29, 1.82) is 0 Å². The van der Waals surface area contributed by atoms with Crippen LogP contribution in [0.4, 0.5) is 5.69 Å². The number of hydrogen-bond acceptors (Lipinski definition) is 6. The summed E-state index contributed by atoms with van der Waals surface area (Å²) in [5, 5.41) is 16.5. The first-order valence-corrected chi connectivity index (χ1v) is 10.8. The summed E-state index contributed by atoms with van der Waals surface area (Å²) >= 11 is 6.33. The molecule has 0 saturated carbocycles. The lowest BCUT2D eigenvalue weighted by Gasteiger charge is -2.21. The van der Waals surface area contributed by atoms with Gasteiger partial charge in [-0.1, -0.05) is 54.1 Å². The van der Waals surface area contributed by atoms with E-state index >= 15 is 0 Å². The molecule has 0 bridgehead atoms. The number of nitro groups is 1. The van der Waals surface area contributed by atoms with Crippen molar-refractivity contribution in [2.75, 3.05) is 0 Å². The van der Waals surface area contributed by atoms with E-state index in [1.807, 2.05) is 30.3 Å². The molecule has 4 aromatic rings. The second-order valence-corrected chi connectivity index (χ2v) is 8.91. The molecule has 172 valence electrons. The summed E-state index contributed by atoms with van der Waals surface area (Å²) in [6.45, 7) is 5.31. The van der Waals surface area contributed by atoms with Gasteiger partial charge >= 0.3 is 5.69 Å². The monoisotopic (exact) mass is 476 g/mol. The van der Waals surface area contributed by atoms with Gasteiger partial charge in [0.2, 0.25) is 5.75 Å². The summed E-state index contributed by atoms with van der Waals surface area (Å²) in [6, 6.07) is 19.0. The second kappa shape index (κ2) is 9.07. The Morgan fingerprint density at radius 3 is 2.44 bits per heavy atom. The molecule has 0 N–H and O–H groups in total. The van der Waals surface area contributed by atoms with Gasteiger partial charge in [0.25, 0.3) is 5.56 Å². The molecule has 9 heteroatoms. The number of para-hydroxylation sites is 1. The van der Waals surface area contributed by atoms with E-state index < -0.39 is 10.5 Å². The Balaban J connectivity index is 1.87. The van der Waals surface area contributed by atoms with E-state index in [1.165, 1.54) is 23.0 Å². The van der Waals surface area contributed by atoms with Crippen LogP contribution in [0.25, 0.3) is 22.3 Å². The number of rotatable bonds is 5. The zero-order chi connectivity index (χ0) is 24.5. The van der Waals surface area contributed by atoms with E-state index in [9.17, 15) is 14.9 Å². The minimum absolute atomic E-state index is 0.0224. The lowest BCUT2D eigenvalue weighted by Crippen LogP contribution is -2.23. The first kappa shape index (κ1) is 23.1. The van der Waals surface area contributed by atoms with Crippen molar-refractivity contribution in [1.82, 2.24) is 9.66 Å². The summed E-state index contributed by atoms with van der Waals surface area (Å²) in [5.74, 6) is 0.319. The number of halogens is 1. The number of ether oxygens (including phenoxy) is 1. The zero-order valence-electron chi connectivity index (χ0n) is 18.7. The molecule has 0 aliphatic rings. The minimum Gasteiger partial charge on any atom is -0.480 e. The van der Waals surface area contributed by atoms with Crippen molar-refractivity contribution in [2.24, 2.45) is 5.10 Å². The summed E-state index contributed by atoms with van der Waals surface area (Å²) < 4.78 is 6.88. The highest BCUT2D eigenvalue weighted by Crippen LogP contribution is 2.38. The maximum atomic E-state index is 13.3. The van der Waals surface area contributed by atoms with Gasteiger partial charge in [0, 0.05) is 17.2 Å². The van der Waals surface area contributed by atoms with Crippen LogP contribution in [-0.2, 0) is 0 Å². The predicted molar refractivity (Wildman–Crippen MR) is 133 cm³/mol. The maximum absolute atomic E-state index is 13.3. The van der Waals surface area contributed by atoms with Crippen LogP contribution in [0.2, 0.25) is 5.02 Å². The number of nitro benzene ring substituents is 1. The number of nitrogens with zero attached hydrogens (tertiary/aromatic N) is 4. The van der Waals surface area contributed by atoms with E-state index in [0.29, 0.717) is 27.9 Å². The van der Waals surface area contributed by atoms with Crippen LogP contribution in [0.3, 0.4) is 0 Å². The van der Waals surface area contributed by atoms with Gasteiger partial charge in [0.05, 0.1) is 27.1 Å². The Morgan fingerprint density at radius 1 is 1.09 bits per heavy atom. The third-order valence-corrected chi connectivity index (χ3v) is 5.04. The fourth-order valence-electron chi connectivity index (χ4n) is 3.35. The van der Waals surface area contributed by atoms with Gasteiger partial charge in [0.1, 0.15) is 5.60 Å². The smallest absolute Gasteiger partial charge is 0.313 e. The molecule has 1 aromatic heterocycles. The molecule has 0 atom stereocenters. The molecule has 0 unspecified atom stereocenters. The Morgan fingerprint density at radius 2 is 1.76 bits per heavy atom. The third kappa shape index (κ3) is 4.82. The first-order valence-electron chi connectivity index (χ1n) is 10.4. The minimum atomic E-state index is -0.682. The molecule has 34 heavy (non-hydrogen) atoms. The molecule has 0 fully saturated rings. The topological polar surface area (TPSA) is 99.6 Å². The predicted octanol–water partition coefficient (Wildman–Crippen LogP) is 5.68. The fraction of sp³-hybridized carbons (Fsp3) is 0.160. The molecule has 4 rings (SSSR count). The van der Waals surface area contributed by atoms with Gasteiger partial charge < -0.3 is 4.74 Å². The van der Waals surface area contributed by atoms with Crippen molar-refractivity contribution in [3.05, 3.63) is 97.8 Å². The molecule has 0 radical (unpaired) electrons. The van der Waals surface area contributed by atoms with Crippen LogP contribution in [0, 0.1) is 10.1 Å². The highest BCUT2D eigenvalue weighted by Gasteiger charge is 2.25. The Labute approximate surface area is 200 Å². The van der Waals surface area contributed by atoms with Crippen LogP contribution < -0.4 is 10.3 Å². The lowest BCUT2D eigenvalue weighted by molar-refractivity contribution is -0.386. The van der Waals surface area contributed by atoms with Crippen molar-refractivity contribution in [3.63, 3.8) is 0 Å². The number of benzene rings is 3. The van der Waals surface area contributed by atoms with Gasteiger partial charge in [-0.05, 0) is 39.0 Å². The van der Waals surface area contributed by atoms with E-state index in [0.717, 1.165) is 0 Å². The van der Waals surface area contributed by atoms with Crippen molar-refractivity contribution in [3.8, 4) is 17.1 Å². The SMILES string of the molecule is CC(C)(C)Oc1c(Cl)cc(C=Nn2c(-c3ccccc3)nc3ccccc3c2=O)cc1[N+](=O)[O-]. The van der Waals surface area contributed by atoms with E-state index in [4.69, 9.17) is 16.3 Å². The van der Waals surface area contributed by atoms with E-state index in [2.05, 4.69) is 10.1 Å². The quantitative estimate of drug-likeness (QED) is 0.209. The molecule has 0 spiro atoms. The van der Waals surface area contributed by atoms with E-state index in [1.54, 1.807) is 45.0 Å². The second-order valence-electron chi connectivity index (χ2n) is 8.50. The number of aromatic nitrogens is 2. The molecule has 3 aromatic carbocycles. The normalized spacial score (nSPS) is 11.8. The van der Waals surface area contributed by atoms with Gasteiger partial charge in [-0.2, -0.15) is 9.78 Å². The Hall–Kier alpha value is -4.04. The zero-order valence-corrected chi connectivity index (χ0v) is 19.5. The molecule has 1 heterocycles. The molecule has 0 aliphatic heterocycles. The number of hydrogen-bond donors (Lipinski definition) is 0. The summed E-state index contributed by atoms with van der Waals surface area (Å²) in [7, 11) is 0. The fourth-order valence-corrected chi connectivity index (χ4v) is 3.61.